The van der Waals surface area contributed by atoms with Crippen LogP contribution in [0.3, 0.4) is 0 Å². The lowest BCUT2D eigenvalue weighted by molar-refractivity contribution is -0.113. The lowest BCUT2D eigenvalue weighted by atomic mass is 10.1. The van der Waals surface area contributed by atoms with Gasteiger partial charge in [-0.2, -0.15) is 0 Å². The summed E-state index contributed by atoms with van der Waals surface area (Å²) in [7, 11) is 0. The highest BCUT2D eigenvalue weighted by molar-refractivity contribution is 5.93. The fourth-order valence-electron chi connectivity index (χ4n) is 3.20. The van der Waals surface area contributed by atoms with Crippen LogP contribution in [0.5, 0.6) is 0 Å². The molecular weight excluding hydrogens is 328 g/mol. The molecule has 132 valence electrons. The van der Waals surface area contributed by atoms with E-state index >= 15 is 0 Å². The maximum atomic E-state index is 11.0. The number of nitrogens with one attached hydrogen (secondary N) is 1. The first-order valence-electron chi connectivity index (χ1n) is 8.74. The summed E-state index contributed by atoms with van der Waals surface area (Å²) in [6.45, 7) is 2.13. The molecule has 7 nitrogen and oxygen atoms in total. The number of H-pyrrole nitrogens is 1. The monoisotopic (exact) mass is 348 g/mol. The molecule has 3 aromatic rings. The molecule has 26 heavy (non-hydrogen) atoms. The molecule has 1 fully saturated rings. The van der Waals surface area contributed by atoms with Crippen LogP contribution in [0.4, 0.5) is 5.82 Å². The largest absolute Gasteiger partial charge is 0.366 e. The van der Waals surface area contributed by atoms with E-state index < -0.39 is 5.91 Å². The zero-order valence-electron chi connectivity index (χ0n) is 14.4. The van der Waals surface area contributed by atoms with E-state index in [9.17, 15) is 4.79 Å². The van der Waals surface area contributed by atoms with Gasteiger partial charge in [-0.15, -0.1) is 0 Å². The normalized spacial score (nSPS) is 15.0. The number of hydrogen-bond acceptors (Lipinski definition) is 5. The highest BCUT2D eigenvalue weighted by atomic mass is 16.1. The molecule has 1 saturated heterocycles. The van der Waals surface area contributed by atoms with Crippen molar-refractivity contribution in [3.63, 3.8) is 0 Å². The summed E-state index contributed by atoms with van der Waals surface area (Å²) in [5.41, 5.74) is 8.94. The molecule has 7 heteroatoms. The van der Waals surface area contributed by atoms with E-state index in [2.05, 4.69) is 24.8 Å². The molecular formula is C19H20N6O. The maximum Gasteiger partial charge on any atom is 0.241 e. The Bertz CT molecular complexity index is 954. The first-order chi connectivity index (χ1) is 12.7. The number of amides is 1. The Morgan fingerprint density at radius 3 is 2.73 bits per heavy atom. The molecule has 3 aromatic heterocycles. The Labute approximate surface area is 151 Å². The van der Waals surface area contributed by atoms with Gasteiger partial charge < -0.3 is 15.6 Å². The number of aromatic nitrogens is 4. The second kappa shape index (κ2) is 6.95. The predicted molar refractivity (Wildman–Crippen MR) is 101 cm³/mol. The number of pyridine rings is 1. The first kappa shape index (κ1) is 16.3. The van der Waals surface area contributed by atoms with Gasteiger partial charge in [0, 0.05) is 42.7 Å². The van der Waals surface area contributed by atoms with E-state index in [0.29, 0.717) is 11.2 Å². The van der Waals surface area contributed by atoms with E-state index in [1.165, 1.54) is 25.3 Å². The average Bonchev–Trinajstić information content (AvgIpc) is 3.09. The summed E-state index contributed by atoms with van der Waals surface area (Å²) >= 11 is 0. The lowest BCUT2D eigenvalue weighted by Crippen LogP contribution is -2.29. The molecule has 0 aliphatic carbocycles. The highest BCUT2D eigenvalue weighted by Gasteiger charge is 2.13. The van der Waals surface area contributed by atoms with Gasteiger partial charge in [-0.05, 0) is 37.5 Å². The maximum absolute atomic E-state index is 11.0. The van der Waals surface area contributed by atoms with Crippen LogP contribution in [0, 0.1) is 0 Å². The number of primary amides is 1. The molecule has 3 N–H and O–H groups in total. The first-order valence-corrected chi connectivity index (χ1v) is 8.74. The van der Waals surface area contributed by atoms with Gasteiger partial charge in [0.1, 0.15) is 11.3 Å². The molecule has 0 radical (unpaired) electrons. The van der Waals surface area contributed by atoms with Crippen molar-refractivity contribution < 1.29 is 4.79 Å². The molecule has 4 rings (SSSR count). The minimum absolute atomic E-state index is 0.499. The van der Waals surface area contributed by atoms with Crippen molar-refractivity contribution in [2.24, 2.45) is 5.73 Å². The third-order valence-corrected chi connectivity index (χ3v) is 4.56. The summed E-state index contributed by atoms with van der Waals surface area (Å²) in [6, 6.07) is 4.07. The van der Waals surface area contributed by atoms with Gasteiger partial charge in [0.2, 0.25) is 5.91 Å². The van der Waals surface area contributed by atoms with Gasteiger partial charge in [-0.25, -0.2) is 15.0 Å². The summed E-state index contributed by atoms with van der Waals surface area (Å²) in [5.74, 6) is 0.509. The molecule has 0 saturated carbocycles. The number of fused-ring (bicyclic) bond motifs is 1. The van der Waals surface area contributed by atoms with Crippen LogP contribution in [0.25, 0.3) is 28.5 Å². The van der Waals surface area contributed by atoms with Crippen LogP contribution in [0.2, 0.25) is 0 Å². The average molecular weight is 348 g/mol. The van der Waals surface area contributed by atoms with Crippen molar-refractivity contribution in [2.75, 3.05) is 18.0 Å². The number of hydrogen-bond donors (Lipinski definition) is 2. The second-order valence-corrected chi connectivity index (χ2v) is 6.38. The number of carbonyl (C=O) groups is 1. The van der Waals surface area contributed by atoms with Gasteiger partial charge in [-0.3, -0.25) is 4.79 Å². The third kappa shape index (κ3) is 3.28. The number of nitrogens with two attached hydrogens (primary N) is 1. The number of carbonyl (C=O) groups excluding carboxylic acids is 1. The van der Waals surface area contributed by atoms with E-state index in [0.717, 1.165) is 35.7 Å². The second-order valence-electron chi connectivity index (χ2n) is 6.38. The minimum Gasteiger partial charge on any atom is -0.366 e. The number of anilines is 1. The number of rotatable bonds is 4. The van der Waals surface area contributed by atoms with Crippen LogP contribution >= 0.6 is 0 Å². The lowest BCUT2D eigenvalue weighted by Gasteiger charge is -2.27. The molecule has 1 amide bonds. The van der Waals surface area contributed by atoms with Crippen molar-refractivity contribution in [1.82, 2.24) is 19.9 Å². The smallest absolute Gasteiger partial charge is 0.241 e. The Balaban J connectivity index is 1.63. The minimum atomic E-state index is -0.499. The molecule has 0 unspecified atom stereocenters. The van der Waals surface area contributed by atoms with E-state index in [-0.39, 0.29) is 0 Å². The SMILES string of the molecule is NC(=O)C=Cc1c[nH]c2ncc(-c3ccc(N4CCCCC4)nc3)nc12. The van der Waals surface area contributed by atoms with Crippen molar-refractivity contribution in [1.29, 1.82) is 0 Å². The number of piperidine rings is 1. The van der Waals surface area contributed by atoms with E-state index in [1.54, 1.807) is 18.5 Å². The van der Waals surface area contributed by atoms with Gasteiger partial charge >= 0.3 is 0 Å². The number of aromatic amines is 1. The van der Waals surface area contributed by atoms with Gasteiger partial charge in [-0.1, -0.05) is 0 Å². The van der Waals surface area contributed by atoms with Crippen molar-refractivity contribution in [3.05, 3.63) is 42.4 Å². The van der Waals surface area contributed by atoms with Gasteiger partial charge in [0.15, 0.2) is 5.65 Å². The van der Waals surface area contributed by atoms with Gasteiger partial charge in [0.05, 0.1) is 11.9 Å². The predicted octanol–water partition coefficient (Wildman–Crippen LogP) is 2.51. The Morgan fingerprint density at radius 1 is 1.15 bits per heavy atom. The molecule has 1 aliphatic rings. The summed E-state index contributed by atoms with van der Waals surface area (Å²) in [5, 5.41) is 0. The molecule has 0 atom stereocenters. The van der Waals surface area contributed by atoms with Crippen LogP contribution in [0.1, 0.15) is 24.8 Å². The Hall–Kier alpha value is -3.22. The number of nitrogens with zero attached hydrogens (tertiary/aromatic N) is 4. The quantitative estimate of drug-likeness (QED) is 0.706. The third-order valence-electron chi connectivity index (χ3n) is 4.56. The van der Waals surface area contributed by atoms with Crippen molar-refractivity contribution >= 4 is 29.0 Å². The van der Waals surface area contributed by atoms with E-state index in [1.807, 2.05) is 18.3 Å². The molecule has 0 bridgehead atoms. The zero-order chi connectivity index (χ0) is 17.9. The fraction of sp³-hybridized carbons (Fsp3) is 0.263. The fourth-order valence-corrected chi connectivity index (χ4v) is 3.20. The van der Waals surface area contributed by atoms with Crippen molar-refractivity contribution in [2.45, 2.75) is 19.3 Å². The van der Waals surface area contributed by atoms with Crippen LogP contribution < -0.4 is 10.6 Å². The van der Waals surface area contributed by atoms with Crippen LogP contribution in [0.15, 0.2) is 36.8 Å². The Morgan fingerprint density at radius 2 is 2.00 bits per heavy atom. The summed E-state index contributed by atoms with van der Waals surface area (Å²) < 4.78 is 0. The zero-order valence-corrected chi connectivity index (χ0v) is 14.4. The molecule has 4 heterocycles. The summed E-state index contributed by atoms with van der Waals surface area (Å²) in [4.78, 5) is 30.0. The van der Waals surface area contributed by atoms with E-state index in [4.69, 9.17) is 5.73 Å². The standard InChI is InChI=1S/C19H20N6O/c20-16(26)6-4-14-11-22-19-18(14)24-15(12-23-19)13-5-7-17(21-10-13)25-8-2-1-3-9-25/h4-7,10-12H,1-3,8-9H2,(H2,20,26)(H,22,23). The van der Waals surface area contributed by atoms with Gasteiger partial charge in [0.25, 0.3) is 0 Å². The molecule has 1 aliphatic heterocycles. The summed E-state index contributed by atoms with van der Waals surface area (Å²) in [6.07, 6.45) is 12.0. The Kier molecular flexibility index (Phi) is 4.35. The van der Waals surface area contributed by atoms with Crippen LogP contribution in [-0.2, 0) is 4.79 Å². The van der Waals surface area contributed by atoms with Crippen molar-refractivity contribution in [3.8, 4) is 11.3 Å². The van der Waals surface area contributed by atoms with Crippen LogP contribution in [-0.4, -0.2) is 38.9 Å². The molecule has 0 aromatic carbocycles. The molecule has 0 spiro atoms. The topological polar surface area (TPSA) is 101 Å². The highest BCUT2D eigenvalue weighted by Crippen LogP contribution is 2.24.